The van der Waals surface area contributed by atoms with Gasteiger partial charge in [0.05, 0.1) is 11.2 Å². The molecule has 0 aliphatic heterocycles. The van der Waals surface area contributed by atoms with Crippen LogP contribution in [0.25, 0.3) is 5.52 Å². The number of hydrogen-bond donors (Lipinski definition) is 0. The van der Waals surface area contributed by atoms with Gasteiger partial charge in [0, 0.05) is 5.69 Å². The summed E-state index contributed by atoms with van der Waals surface area (Å²) in [6.07, 6.45) is 1.75. The van der Waals surface area contributed by atoms with Crippen LogP contribution in [0.1, 0.15) is 17.0 Å². The summed E-state index contributed by atoms with van der Waals surface area (Å²) in [5.41, 5.74) is 4.49. The van der Waals surface area contributed by atoms with Crippen molar-refractivity contribution in [3.05, 3.63) is 29.3 Å². The van der Waals surface area contributed by atoms with E-state index in [1.165, 1.54) is 5.56 Å². The molecule has 2 heterocycles. The Balaban J connectivity index is 2.88. The highest BCUT2D eigenvalue weighted by molar-refractivity contribution is 5.55. The number of fused-ring (bicyclic) bond motifs is 1. The Bertz CT molecular complexity index is 429. The summed E-state index contributed by atoms with van der Waals surface area (Å²) in [5, 5.41) is 4.31. The van der Waals surface area contributed by atoms with Crippen LogP contribution in [-0.4, -0.2) is 14.6 Å². The number of aryl methyl sites for hydroxylation is 3. The fourth-order valence-electron chi connectivity index (χ4n) is 1.29. The first-order valence-corrected chi connectivity index (χ1v) is 3.96. The van der Waals surface area contributed by atoms with Gasteiger partial charge in [-0.05, 0) is 32.4 Å². The SMILES string of the molecule is Cc1cc2c(C)c(C)nn2cn1. The van der Waals surface area contributed by atoms with Crippen LogP contribution in [-0.2, 0) is 0 Å². The van der Waals surface area contributed by atoms with Gasteiger partial charge in [-0.1, -0.05) is 0 Å². The lowest BCUT2D eigenvalue weighted by Crippen LogP contribution is -1.90. The van der Waals surface area contributed by atoms with Crippen LogP contribution >= 0.6 is 0 Å². The van der Waals surface area contributed by atoms with Crippen LogP contribution in [0.4, 0.5) is 0 Å². The van der Waals surface area contributed by atoms with Crippen LogP contribution in [0.3, 0.4) is 0 Å². The van der Waals surface area contributed by atoms with E-state index in [0.717, 1.165) is 16.9 Å². The van der Waals surface area contributed by atoms with Crippen molar-refractivity contribution in [2.75, 3.05) is 0 Å². The second kappa shape index (κ2) is 2.30. The van der Waals surface area contributed by atoms with Crippen molar-refractivity contribution in [1.29, 1.82) is 0 Å². The van der Waals surface area contributed by atoms with E-state index in [0.29, 0.717) is 0 Å². The van der Waals surface area contributed by atoms with E-state index in [1.807, 2.05) is 18.4 Å². The minimum absolute atomic E-state index is 1.03. The van der Waals surface area contributed by atoms with Crippen LogP contribution in [0.2, 0.25) is 0 Å². The monoisotopic (exact) mass is 161 g/mol. The van der Waals surface area contributed by atoms with E-state index in [1.54, 1.807) is 6.33 Å². The van der Waals surface area contributed by atoms with Crippen molar-refractivity contribution < 1.29 is 0 Å². The van der Waals surface area contributed by atoms with Gasteiger partial charge in [0.15, 0.2) is 0 Å². The average Bonchev–Trinajstić information content (AvgIpc) is 2.31. The second-order valence-electron chi connectivity index (χ2n) is 3.07. The summed E-state index contributed by atoms with van der Waals surface area (Å²) in [7, 11) is 0. The molecule has 0 unspecified atom stereocenters. The Kier molecular flexibility index (Phi) is 1.40. The van der Waals surface area contributed by atoms with Gasteiger partial charge in [-0.15, -0.1) is 0 Å². The fraction of sp³-hybridized carbons (Fsp3) is 0.333. The van der Waals surface area contributed by atoms with Crippen molar-refractivity contribution in [2.45, 2.75) is 20.8 Å². The molecule has 0 aromatic carbocycles. The number of hydrogen-bond acceptors (Lipinski definition) is 2. The third-order valence-electron chi connectivity index (χ3n) is 2.15. The minimum Gasteiger partial charge on any atom is -0.242 e. The molecule has 0 saturated carbocycles. The highest BCUT2D eigenvalue weighted by Gasteiger charge is 2.03. The summed E-state index contributed by atoms with van der Waals surface area (Å²) in [6.45, 7) is 6.08. The molecule has 0 N–H and O–H groups in total. The number of rotatable bonds is 0. The Morgan fingerprint density at radius 2 is 2.00 bits per heavy atom. The van der Waals surface area contributed by atoms with Crippen molar-refractivity contribution in [3.8, 4) is 0 Å². The van der Waals surface area contributed by atoms with Crippen LogP contribution in [0.5, 0.6) is 0 Å². The molecule has 0 saturated heterocycles. The predicted molar refractivity (Wildman–Crippen MR) is 47.2 cm³/mol. The van der Waals surface area contributed by atoms with Gasteiger partial charge in [0.25, 0.3) is 0 Å². The van der Waals surface area contributed by atoms with Gasteiger partial charge in [0.1, 0.15) is 6.33 Å². The molecule has 0 spiro atoms. The molecule has 2 aromatic heterocycles. The zero-order chi connectivity index (χ0) is 8.72. The number of aromatic nitrogens is 3. The molecular weight excluding hydrogens is 150 g/mol. The summed E-state index contributed by atoms with van der Waals surface area (Å²) < 4.78 is 1.82. The second-order valence-corrected chi connectivity index (χ2v) is 3.07. The molecule has 3 heteroatoms. The molecule has 2 aromatic rings. The topological polar surface area (TPSA) is 30.2 Å². The Labute approximate surface area is 71.1 Å². The molecule has 2 rings (SSSR count). The maximum absolute atomic E-state index is 4.31. The van der Waals surface area contributed by atoms with E-state index in [4.69, 9.17) is 0 Å². The van der Waals surface area contributed by atoms with Crippen molar-refractivity contribution >= 4 is 5.52 Å². The summed E-state index contributed by atoms with van der Waals surface area (Å²) in [5.74, 6) is 0. The first-order chi connectivity index (χ1) is 5.68. The van der Waals surface area contributed by atoms with Crippen molar-refractivity contribution in [2.24, 2.45) is 0 Å². The lowest BCUT2D eigenvalue weighted by Gasteiger charge is -1.93. The lowest BCUT2D eigenvalue weighted by molar-refractivity contribution is 0.891. The van der Waals surface area contributed by atoms with E-state index in [-0.39, 0.29) is 0 Å². The predicted octanol–water partition coefficient (Wildman–Crippen LogP) is 1.65. The van der Waals surface area contributed by atoms with Gasteiger partial charge in [-0.25, -0.2) is 9.50 Å². The fourth-order valence-corrected chi connectivity index (χ4v) is 1.29. The van der Waals surface area contributed by atoms with Gasteiger partial charge < -0.3 is 0 Å². The minimum atomic E-state index is 1.03. The molecule has 0 aliphatic carbocycles. The van der Waals surface area contributed by atoms with Crippen LogP contribution in [0.15, 0.2) is 12.4 Å². The molecule has 0 atom stereocenters. The van der Waals surface area contributed by atoms with Gasteiger partial charge >= 0.3 is 0 Å². The number of nitrogens with zero attached hydrogens (tertiary/aromatic N) is 3. The third kappa shape index (κ3) is 0.897. The molecule has 0 radical (unpaired) electrons. The maximum atomic E-state index is 4.31. The van der Waals surface area contributed by atoms with Crippen molar-refractivity contribution in [1.82, 2.24) is 14.6 Å². The van der Waals surface area contributed by atoms with Crippen LogP contribution < -0.4 is 0 Å². The standard InChI is InChI=1S/C9H11N3/c1-6-4-9-7(2)8(3)11-12(9)5-10-6/h4-5H,1-3H3. The molecule has 3 nitrogen and oxygen atoms in total. The van der Waals surface area contributed by atoms with E-state index in [2.05, 4.69) is 23.1 Å². The molecule has 0 amide bonds. The molecular formula is C9H11N3. The Morgan fingerprint density at radius 3 is 2.75 bits per heavy atom. The van der Waals surface area contributed by atoms with Gasteiger partial charge in [-0.2, -0.15) is 5.10 Å². The van der Waals surface area contributed by atoms with E-state index < -0.39 is 0 Å². The van der Waals surface area contributed by atoms with Gasteiger partial charge in [-0.3, -0.25) is 0 Å². The first kappa shape index (κ1) is 7.28. The van der Waals surface area contributed by atoms with Gasteiger partial charge in [0.2, 0.25) is 0 Å². The maximum Gasteiger partial charge on any atom is 0.117 e. The van der Waals surface area contributed by atoms with Crippen LogP contribution in [0, 0.1) is 20.8 Å². The average molecular weight is 161 g/mol. The molecule has 0 bridgehead atoms. The normalized spacial score (nSPS) is 10.9. The zero-order valence-electron chi connectivity index (χ0n) is 7.50. The first-order valence-electron chi connectivity index (χ1n) is 3.96. The summed E-state index contributed by atoms with van der Waals surface area (Å²) in [6, 6.07) is 2.05. The molecule has 62 valence electrons. The lowest BCUT2D eigenvalue weighted by atomic mass is 10.2. The van der Waals surface area contributed by atoms with E-state index >= 15 is 0 Å². The Hall–Kier alpha value is -1.38. The summed E-state index contributed by atoms with van der Waals surface area (Å²) >= 11 is 0. The molecule has 12 heavy (non-hydrogen) atoms. The zero-order valence-corrected chi connectivity index (χ0v) is 7.50. The highest BCUT2D eigenvalue weighted by atomic mass is 15.2. The van der Waals surface area contributed by atoms with E-state index in [9.17, 15) is 0 Å². The molecule has 0 fully saturated rings. The molecule has 0 aliphatic rings. The Morgan fingerprint density at radius 1 is 1.25 bits per heavy atom. The largest absolute Gasteiger partial charge is 0.242 e. The third-order valence-corrected chi connectivity index (χ3v) is 2.15. The summed E-state index contributed by atoms with van der Waals surface area (Å²) in [4.78, 5) is 4.16. The smallest absolute Gasteiger partial charge is 0.117 e. The quantitative estimate of drug-likeness (QED) is 0.588. The highest BCUT2D eigenvalue weighted by Crippen LogP contribution is 2.13. The van der Waals surface area contributed by atoms with Crippen molar-refractivity contribution in [3.63, 3.8) is 0 Å².